The molecule has 1 N–H and O–H groups in total. The molecule has 7 nitrogen and oxygen atoms in total. The number of likely N-dealkylation sites (tertiary alicyclic amines) is 1. The third-order valence-electron chi connectivity index (χ3n) is 5.50. The molecular weight excluding hydrogens is 320 g/mol. The fourth-order valence-corrected chi connectivity index (χ4v) is 3.95. The molecule has 3 heterocycles. The first-order valence-electron chi connectivity index (χ1n) is 8.92. The van der Waals surface area contributed by atoms with Gasteiger partial charge in [-0.1, -0.05) is 6.07 Å². The summed E-state index contributed by atoms with van der Waals surface area (Å²) < 4.78 is 0. The molecule has 0 aromatic carbocycles. The topological polar surface area (TPSA) is 77.0 Å². The fourth-order valence-electron chi connectivity index (χ4n) is 3.95. The number of aromatic nitrogens is 1. The molecule has 0 radical (unpaired) electrons. The second kappa shape index (κ2) is 7.09. The average molecular weight is 346 g/mol. The largest absolute Gasteiger partial charge is 0.395 e. The highest BCUT2D eigenvalue weighted by atomic mass is 16.3. The van der Waals surface area contributed by atoms with E-state index in [4.69, 9.17) is 0 Å². The Morgan fingerprint density at radius 2 is 2.00 bits per heavy atom. The van der Waals surface area contributed by atoms with E-state index in [2.05, 4.69) is 9.88 Å². The van der Waals surface area contributed by atoms with E-state index in [9.17, 15) is 14.7 Å². The van der Waals surface area contributed by atoms with E-state index in [-0.39, 0.29) is 31.1 Å². The molecule has 7 heteroatoms. The summed E-state index contributed by atoms with van der Waals surface area (Å²) in [4.78, 5) is 35.5. The zero-order chi connectivity index (χ0) is 18.0. The van der Waals surface area contributed by atoms with Crippen molar-refractivity contribution in [1.29, 1.82) is 0 Å². The molecule has 2 aliphatic heterocycles. The number of rotatable bonds is 5. The molecule has 3 rings (SSSR count). The Morgan fingerprint density at radius 3 is 2.56 bits per heavy atom. The lowest BCUT2D eigenvalue weighted by Gasteiger charge is -2.43. The van der Waals surface area contributed by atoms with Gasteiger partial charge in [-0.2, -0.15) is 0 Å². The van der Waals surface area contributed by atoms with Crippen LogP contribution in [0.3, 0.4) is 0 Å². The third kappa shape index (κ3) is 3.02. The Bertz CT molecular complexity index is 628. The monoisotopic (exact) mass is 346 g/mol. The number of carbonyl (C=O) groups is 2. The van der Waals surface area contributed by atoms with Gasteiger partial charge in [-0.25, -0.2) is 4.79 Å². The summed E-state index contributed by atoms with van der Waals surface area (Å²) in [6.45, 7) is 6.13. The molecule has 25 heavy (non-hydrogen) atoms. The fraction of sp³-hybridized carbons (Fsp3) is 0.611. The molecule has 0 bridgehead atoms. The van der Waals surface area contributed by atoms with Crippen LogP contribution in [0, 0.1) is 0 Å². The van der Waals surface area contributed by atoms with E-state index in [1.165, 1.54) is 4.90 Å². The van der Waals surface area contributed by atoms with Crippen molar-refractivity contribution in [2.45, 2.75) is 44.8 Å². The maximum Gasteiger partial charge on any atom is 0.328 e. The Morgan fingerprint density at radius 1 is 1.28 bits per heavy atom. The minimum atomic E-state index is -0.744. The Balaban J connectivity index is 1.80. The van der Waals surface area contributed by atoms with Gasteiger partial charge in [0.05, 0.1) is 18.8 Å². The summed E-state index contributed by atoms with van der Waals surface area (Å²) in [6.07, 6.45) is 2.88. The molecule has 136 valence electrons. The predicted molar refractivity (Wildman–Crippen MR) is 92.6 cm³/mol. The molecule has 2 aliphatic rings. The molecule has 1 spiro atoms. The van der Waals surface area contributed by atoms with Crippen LogP contribution in [0.2, 0.25) is 0 Å². The molecule has 1 aromatic heterocycles. The number of likely N-dealkylation sites (N-methyl/N-ethyl adjacent to an activating group) is 1. The number of hydrogen-bond acceptors (Lipinski definition) is 5. The van der Waals surface area contributed by atoms with Crippen molar-refractivity contribution in [3.05, 3.63) is 30.1 Å². The smallest absolute Gasteiger partial charge is 0.328 e. The van der Waals surface area contributed by atoms with Crippen molar-refractivity contribution in [2.24, 2.45) is 0 Å². The number of aliphatic hydroxyl groups excluding tert-OH is 1. The van der Waals surface area contributed by atoms with Gasteiger partial charge in [0, 0.05) is 31.9 Å². The van der Waals surface area contributed by atoms with Crippen molar-refractivity contribution >= 4 is 11.9 Å². The summed E-state index contributed by atoms with van der Waals surface area (Å²) in [5.41, 5.74) is -0.0321. The lowest BCUT2D eigenvalue weighted by molar-refractivity contribution is -0.136. The third-order valence-corrected chi connectivity index (χ3v) is 5.50. The first kappa shape index (κ1) is 17.8. The molecule has 0 saturated carbocycles. The zero-order valence-corrected chi connectivity index (χ0v) is 14.9. The number of piperidine rings is 1. The van der Waals surface area contributed by atoms with Gasteiger partial charge in [-0.05, 0) is 38.8 Å². The maximum atomic E-state index is 13.2. The number of amides is 3. The van der Waals surface area contributed by atoms with Crippen molar-refractivity contribution in [2.75, 3.05) is 26.2 Å². The van der Waals surface area contributed by atoms with Gasteiger partial charge in [0.1, 0.15) is 5.54 Å². The molecule has 3 amide bonds. The number of aliphatic hydroxyl groups is 1. The highest BCUT2D eigenvalue weighted by Gasteiger charge is 2.57. The second-order valence-electron chi connectivity index (χ2n) is 6.84. The molecule has 1 atom stereocenters. The molecule has 2 saturated heterocycles. The Kier molecular flexibility index (Phi) is 5.06. The molecule has 0 unspecified atom stereocenters. The minimum Gasteiger partial charge on any atom is -0.395 e. The summed E-state index contributed by atoms with van der Waals surface area (Å²) in [7, 11) is 0. The summed E-state index contributed by atoms with van der Waals surface area (Å²) in [6, 6.07) is 5.35. The van der Waals surface area contributed by atoms with Gasteiger partial charge in [0.15, 0.2) is 0 Å². The highest BCUT2D eigenvalue weighted by molar-refractivity contribution is 6.07. The van der Waals surface area contributed by atoms with Gasteiger partial charge in [-0.15, -0.1) is 0 Å². The van der Waals surface area contributed by atoms with Gasteiger partial charge in [0.2, 0.25) is 0 Å². The zero-order valence-electron chi connectivity index (χ0n) is 14.9. The summed E-state index contributed by atoms with van der Waals surface area (Å²) in [5.74, 6) is -0.110. The van der Waals surface area contributed by atoms with Gasteiger partial charge >= 0.3 is 6.03 Å². The molecular formula is C18H26N4O3. The van der Waals surface area contributed by atoms with Crippen LogP contribution < -0.4 is 0 Å². The van der Waals surface area contributed by atoms with Crippen LogP contribution in [0.5, 0.6) is 0 Å². The van der Waals surface area contributed by atoms with Gasteiger partial charge < -0.3 is 10.0 Å². The van der Waals surface area contributed by atoms with E-state index < -0.39 is 5.54 Å². The van der Waals surface area contributed by atoms with E-state index >= 15 is 0 Å². The van der Waals surface area contributed by atoms with E-state index in [1.54, 1.807) is 11.1 Å². The Labute approximate surface area is 148 Å². The quantitative estimate of drug-likeness (QED) is 0.808. The van der Waals surface area contributed by atoms with Crippen molar-refractivity contribution in [3.8, 4) is 0 Å². The highest BCUT2D eigenvalue weighted by Crippen LogP contribution is 2.38. The van der Waals surface area contributed by atoms with Crippen LogP contribution in [-0.4, -0.2) is 74.6 Å². The predicted octanol–water partition coefficient (Wildman–Crippen LogP) is 1.08. The lowest BCUT2D eigenvalue weighted by Crippen LogP contribution is -2.58. The first-order valence-corrected chi connectivity index (χ1v) is 8.92. The van der Waals surface area contributed by atoms with Crippen LogP contribution in [0.1, 0.15) is 32.4 Å². The minimum absolute atomic E-state index is 0.0734. The van der Waals surface area contributed by atoms with E-state index in [0.29, 0.717) is 38.2 Å². The SMILES string of the molecule is CCN1C(=O)N(Cc2ccccn2)C(=O)C12CCN([C@H](C)CO)CC2. The number of pyridine rings is 1. The van der Waals surface area contributed by atoms with E-state index in [0.717, 1.165) is 0 Å². The molecule has 1 aromatic rings. The van der Waals surface area contributed by atoms with Crippen LogP contribution in [-0.2, 0) is 11.3 Å². The van der Waals surface area contributed by atoms with Gasteiger partial charge in [0.25, 0.3) is 5.91 Å². The summed E-state index contributed by atoms with van der Waals surface area (Å²) in [5, 5.41) is 9.35. The van der Waals surface area contributed by atoms with Crippen LogP contribution in [0.4, 0.5) is 4.79 Å². The standard InChI is InChI=1S/C18H26N4O3/c1-3-22-17(25)21(12-15-6-4-5-9-19-15)16(24)18(22)7-10-20(11-8-18)14(2)13-23/h4-6,9,14,23H,3,7-8,10-13H2,1-2H3/t14-/m1/s1. The lowest BCUT2D eigenvalue weighted by atomic mass is 9.85. The normalized spacial score (nSPS) is 22.0. The second-order valence-corrected chi connectivity index (χ2v) is 6.84. The van der Waals surface area contributed by atoms with Crippen LogP contribution >= 0.6 is 0 Å². The number of imide groups is 1. The first-order chi connectivity index (χ1) is 12.0. The number of urea groups is 1. The Hall–Kier alpha value is -1.99. The number of carbonyl (C=O) groups excluding carboxylic acids is 2. The van der Waals surface area contributed by atoms with Crippen molar-refractivity contribution < 1.29 is 14.7 Å². The van der Waals surface area contributed by atoms with E-state index in [1.807, 2.05) is 32.0 Å². The van der Waals surface area contributed by atoms with Crippen molar-refractivity contribution in [3.63, 3.8) is 0 Å². The van der Waals surface area contributed by atoms with Gasteiger partial charge in [-0.3, -0.25) is 19.6 Å². The van der Waals surface area contributed by atoms with Crippen LogP contribution in [0.15, 0.2) is 24.4 Å². The van der Waals surface area contributed by atoms with Crippen molar-refractivity contribution in [1.82, 2.24) is 19.7 Å². The maximum absolute atomic E-state index is 13.2. The number of nitrogens with zero attached hydrogens (tertiary/aromatic N) is 4. The van der Waals surface area contributed by atoms with Crippen LogP contribution in [0.25, 0.3) is 0 Å². The average Bonchev–Trinajstić information content (AvgIpc) is 2.83. The summed E-state index contributed by atoms with van der Waals surface area (Å²) >= 11 is 0. The molecule has 2 fully saturated rings. The number of hydrogen-bond donors (Lipinski definition) is 1. The molecule has 0 aliphatic carbocycles.